The SMILES string of the molecule is Cc1ccnc(S(=O)(=O)N2CC(C(=O)O)C2)c1. The smallest absolute Gasteiger partial charge is 0.309 e. The third-order valence-electron chi connectivity index (χ3n) is 2.69. The van der Waals surface area contributed by atoms with Crippen LogP contribution in [0.5, 0.6) is 0 Å². The fraction of sp³-hybridized carbons (Fsp3) is 0.400. The molecule has 0 aliphatic carbocycles. The molecule has 1 aliphatic rings. The molecule has 7 heteroatoms. The van der Waals surface area contributed by atoms with Gasteiger partial charge in [-0.15, -0.1) is 0 Å². The lowest BCUT2D eigenvalue weighted by Gasteiger charge is -2.34. The molecule has 1 N–H and O–H groups in total. The van der Waals surface area contributed by atoms with Crippen LogP contribution in [0.25, 0.3) is 0 Å². The van der Waals surface area contributed by atoms with E-state index in [9.17, 15) is 13.2 Å². The molecular weight excluding hydrogens is 244 g/mol. The van der Waals surface area contributed by atoms with Gasteiger partial charge >= 0.3 is 5.97 Å². The number of nitrogens with zero attached hydrogens (tertiary/aromatic N) is 2. The number of aromatic nitrogens is 1. The molecule has 92 valence electrons. The summed E-state index contributed by atoms with van der Waals surface area (Å²) in [6, 6.07) is 3.18. The van der Waals surface area contributed by atoms with Crippen LogP contribution in [0.1, 0.15) is 5.56 Å². The van der Waals surface area contributed by atoms with Crippen molar-refractivity contribution in [1.82, 2.24) is 9.29 Å². The topological polar surface area (TPSA) is 87.6 Å². The second-order valence-corrected chi connectivity index (χ2v) is 5.91. The Morgan fingerprint density at radius 1 is 1.53 bits per heavy atom. The number of carbonyl (C=O) groups is 1. The highest BCUT2D eigenvalue weighted by Gasteiger charge is 2.41. The van der Waals surface area contributed by atoms with Crippen LogP contribution in [0.4, 0.5) is 0 Å². The molecule has 0 aromatic carbocycles. The second kappa shape index (κ2) is 4.08. The quantitative estimate of drug-likeness (QED) is 0.828. The summed E-state index contributed by atoms with van der Waals surface area (Å²) in [7, 11) is -3.63. The Labute approximate surface area is 98.9 Å². The maximum Gasteiger partial charge on any atom is 0.309 e. The van der Waals surface area contributed by atoms with Crippen LogP contribution in [0.15, 0.2) is 23.4 Å². The minimum atomic E-state index is -3.63. The lowest BCUT2D eigenvalue weighted by atomic mass is 10.0. The van der Waals surface area contributed by atoms with E-state index in [2.05, 4.69) is 4.98 Å². The molecule has 17 heavy (non-hydrogen) atoms. The van der Waals surface area contributed by atoms with Crippen LogP contribution in [-0.4, -0.2) is 41.9 Å². The molecule has 2 rings (SSSR count). The maximum absolute atomic E-state index is 12.0. The van der Waals surface area contributed by atoms with E-state index in [0.29, 0.717) is 0 Å². The van der Waals surface area contributed by atoms with Crippen molar-refractivity contribution < 1.29 is 18.3 Å². The van der Waals surface area contributed by atoms with E-state index < -0.39 is 21.9 Å². The van der Waals surface area contributed by atoms with E-state index in [1.54, 1.807) is 13.0 Å². The van der Waals surface area contributed by atoms with Crippen molar-refractivity contribution in [3.63, 3.8) is 0 Å². The first-order valence-corrected chi connectivity index (χ1v) is 6.51. The standard InChI is InChI=1S/C10H12N2O4S/c1-7-2-3-11-9(4-7)17(15,16)12-5-8(6-12)10(13)14/h2-4,8H,5-6H2,1H3,(H,13,14). The molecule has 0 amide bonds. The molecule has 1 aromatic rings. The number of carboxylic acid groups (broad SMARTS) is 1. The Morgan fingerprint density at radius 3 is 2.71 bits per heavy atom. The molecular formula is C10H12N2O4S. The van der Waals surface area contributed by atoms with Gasteiger partial charge < -0.3 is 5.11 Å². The van der Waals surface area contributed by atoms with Gasteiger partial charge in [-0.2, -0.15) is 4.31 Å². The monoisotopic (exact) mass is 256 g/mol. The van der Waals surface area contributed by atoms with Gasteiger partial charge in [-0.25, -0.2) is 13.4 Å². The number of aliphatic carboxylic acids is 1. The number of hydrogen-bond donors (Lipinski definition) is 1. The van der Waals surface area contributed by atoms with E-state index >= 15 is 0 Å². The summed E-state index contributed by atoms with van der Waals surface area (Å²) in [5.41, 5.74) is 0.800. The minimum Gasteiger partial charge on any atom is -0.481 e. The molecule has 0 radical (unpaired) electrons. The highest BCUT2D eigenvalue weighted by atomic mass is 32.2. The number of pyridine rings is 1. The number of rotatable bonds is 3. The third-order valence-corrected chi connectivity index (χ3v) is 4.42. The van der Waals surface area contributed by atoms with Gasteiger partial charge in [0.2, 0.25) is 0 Å². The Balaban J connectivity index is 2.19. The van der Waals surface area contributed by atoms with Crippen LogP contribution in [0.2, 0.25) is 0 Å². The summed E-state index contributed by atoms with van der Waals surface area (Å²) in [6.45, 7) is 1.82. The molecule has 1 aliphatic heterocycles. The van der Waals surface area contributed by atoms with Crippen molar-refractivity contribution in [3.8, 4) is 0 Å². The molecule has 1 fully saturated rings. The Kier molecular flexibility index (Phi) is 2.88. The molecule has 0 atom stereocenters. The maximum atomic E-state index is 12.0. The van der Waals surface area contributed by atoms with Gasteiger partial charge in [0.05, 0.1) is 5.92 Å². The van der Waals surface area contributed by atoms with Crippen molar-refractivity contribution in [1.29, 1.82) is 0 Å². The third kappa shape index (κ3) is 2.16. The Bertz CT molecular complexity index is 549. The van der Waals surface area contributed by atoms with Crippen molar-refractivity contribution >= 4 is 16.0 Å². The predicted molar refractivity (Wildman–Crippen MR) is 58.9 cm³/mol. The number of sulfonamides is 1. The Hall–Kier alpha value is -1.47. The van der Waals surface area contributed by atoms with Gasteiger partial charge in [-0.1, -0.05) is 0 Å². The zero-order chi connectivity index (χ0) is 12.6. The normalized spacial score (nSPS) is 17.7. The van der Waals surface area contributed by atoms with Crippen LogP contribution in [-0.2, 0) is 14.8 Å². The average molecular weight is 256 g/mol. The lowest BCUT2D eigenvalue weighted by Crippen LogP contribution is -2.52. The summed E-state index contributed by atoms with van der Waals surface area (Å²) >= 11 is 0. The molecule has 0 unspecified atom stereocenters. The van der Waals surface area contributed by atoms with Gasteiger partial charge in [0.1, 0.15) is 0 Å². The van der Waals surface area contributed by atoms with Crippen LogP contribution in [0.3, 0.4) is 0 Å². The van der Waals surface area contributed by atoms with E-state index in [1.165, 1.54) is 12.3 Å². The number of carboxylic acids is 1. The molecule has 6 nitrogen and oxygen atoms in total. The average Bonchev–Trinajstić information content (AvgIpc) is 2.13. The van der Waals surface area contributed by atoms with Crippen molar-refractivity contribution in [2.45, 2.75) is 11.9 Å². The highest BCUT2D eigenvalue weighted by molar-refractivity contribution is 7.89. The summed E-state index contributed by atoms with van der Waals surface area (Å²) in [6.07, 6.45) is 1.43. The zero-order valence-corrected chi connectivity index (χ0v) is 10.0. The zero-order valence-electron chi connectivity index (χ0n) is 9.20. The second-order valence-electron chi connectivity index (χ2n) is 4.03. The van der Waals surface area contributed by atoms with Crippen LogP contribution >= 0.6 is 0 Å². The first-order chi connectivity index (χ1) is 7.91. The molecule has 0 saturated carbocycles. The largest absolute Gasteiger partial charge is 0.481 e. The van der Waals surface area contributed by atoms with Gasteiger partial charge in [-0.3, -0.25) is 4.79 Å². The fourth-order valence-corrected chi connectivity index (χ4v) is 3.12. The number of aryl methyl sites for hydroxylation is 1. The molecule has 2 heterocycles. The molecule has 1 aromatic heterocycles. The predicted octanol–water partition coefficient (Wildman–Crippen LogP) is 0.0951. The first kappa shape index (κ1) is 12.0. The van der Waals surface area contributed by atoms with Crippen molar-refractivity contribution in [2.24, 2.45) is 5.92 Å². The highest BCUT2D eigenvalue weighted by Crippen LogP contribution is 2.24. The Morgan fingerprint density at radius 2 is 2.18 bits per heavy atom. The summed E-state index contributed by atoms with van der Waals surface area (Å²) in [5.74, 6) is -1.57. The lowest BCUT2D eigenvalue weighted by molar-refractivity contribution is -0.145. The van der Waals surface area contributed by atoms with Gasteiger partial charge in [-0.05, 0) is 24.6 Å². The van der Waals surface area contributed by atoms with Crippen LogP contribution < -0.4 is 0 Å². The fourth-order valence-electron chi connectivity index (χ4n) is 1.57. The van der Waals surface area contributed by atoms with Crippen molar-refractivity contribution in [2.75, 3.05) is 13.1 Å². The van der Waals surface area contributed by atoms with E-state index in [0.717, 1.165) is 9.87 Å². The minimum absolute atomic E-state index is 0.0211. The van der Waals surface area contributed by atoms with Gasteiger partial charge in [0, 0.05) is 19.3 Å². The van der Waals surface area contributed by atoms with Gasteiger partial charge in [0.25, 0.3) is 10.0 Å². The molecule has 0 spiro atoms. The molecule has 1 saturated heterocycles. The van der Waals surface area contributed by atoms with Crippen molar-refractivity contribution in [3.05, 3.63) is 23.9 Å². The van der Waals surface area contributed by atoms with E-state index in [-0.39, 0.29) is 18.1 Å². The van der Waals surface area contributed by atoms with E-state index in [1.807, 2.05) is 0 Å². The first-order valence-electron chi connectivity index (χ1n) is 5.07. The summed E-state index contributed by atoms with van der Waals surface area (Å²) in [5, 5.41) is 8.67. The molecule has 0 bridgehead atoms. The van der Waals surface area contributed by atoms with Crippen LogP contribution in [0, 0.1) is 12.8 Å². The number of hydrogen-bond acceptors (Lipinski definition) is 4. The summed E-state index contributed by atoms with van der Waals surface area (Å²) < 4.78 is 25.1. The summed E-state index contributed by atoms with van der Waals surface area (Å²) in [4.78, 5) is 14.4. The van der Waals surface area contributed by atoms with Gasteiger partial charge in [0.15, 0.2) is 5.03 Å². The van der Waals surface area contributed by atoms with E-state index in [4.69, 9.17) is 5.11 Å².